The van der Waals surface area contributed by atoms with Crippen molar-refractivity contribution < 1.29 is 13.9 Å². The first-order valence-electron chi connectivity index (χ1n) is 9.94. The quantitative estimate of drug-likeness (QED) is 0.336. The molecule has 0 aliphatic carbocycles. The van der Waals surface area contributed by atoms with Crippen LogP contribution in [0.3, 0.4) is 0 Å². The van der Waals surface area contributed by atoms with Gasteiger partial charge in [0.25, 0.3) is 5.91 Å². The highest BCUT2D eigenvalue weighted by molar-refractivity contribution is 8.27. The summed E-state index contributed by atoms with van der Waals surface area (Å²) in [5.74, 6) is 0.191. The van der Waals surface area contributed by atoms with Crippen LogP contribution in [-0.4, -0.2) is 24.3 Å². The summed E-state index contributed by atoms with van der Waals surface area (Å²) in [4.78, 5) is 17.2. The number of halogens is 1. The molecule has 7 heteroatoms. The van der Waals surface area contributed by atoms with Gasteiger partial charge in [0.15, 0.2) is 4.32 Å². The van der Waals surface area contributed by atoms with Crippen LogP contribution in [0.4, 0.5) is 15.8 Å². The van der Waals surface area contributed by atoms with Gasteiger partial charge in [-0.2, -0.15) is 0 Å². The Morgan fingerprint density at radius 1 is 1.03 bits per heavy atom. The topological polar surface area (TPSA) is 32.8 Å². The first kappa shape index (κ1) is 22.0. The van der Waals surface area contributed by atoms with E-state index < -0.39 is 0 Å². The normalized spacial score (nSPS) is 14.8. The first-order valence-corrected chi connectivity index (χ1v) is 11.2. The Labute approximate surface area is 196 Å². The van der Waals surface area contributed by atoms with Gasteiger partial charge < -0.3 is 9.64 Å². The van der Waals surface area contributed by atoms with Crippen molar-refractivity contribution in [3.8, 4) is 5.75 Å². The van der Waals surface area contributed by atoms with Crippen LogP contribution >= 0.6 is 24.0 Å². The van der Waals surface area contributed by atoms with E-state index in [4.69, 9.17) is 17.0 Å². The van der Waals surface area contributed by atoms with Gasteiger partial charge in [0.1, 0.15) is 18.2 Å². The number of benzene rings is 3. The molecule has 0 radical (unpaired) electrons. The SMILES string of the molecule is CN(C)c1ccc(N2C(=O)C(=Cc3ccccc3OCc3ccc(F)cc3)SC2=S)cc1. The van der Waals surface area contributed by atoms with E-state index in [9.17, 15) is 9.18 Å². The number of hydrogen-bond donors (Lipinski definition) is 0. The maximum atomic E-state index is 13.1. The van der Waals surface area contributed by atoms with Crippen LogP contribution in [0.25, 0.3) is 6.08 Å². The van der Waals surface area contributed by atoms with Gasteiger partial charge in [-0.05, 0) is 54.1 Å². The number of rotatable bonds is 6. The van der Waals surface area contributed by atoms with Crippen LogP contribution in [0, 0.1) is 5.82 Å². The number of nitrogens with zero attached hydrogens (tertiary/aromatic N) is 2. The molecule has 1 aliphatic rings. The zero-order chi connectivity index (χ0) is 22.7. The summed E-state index contributed by atoms with van der Waals surface area (Å²) in [5.41, 5.74) is 3.41. The smallest absolute Gasteiger partial charge is 0.270 e. The molecule has 0 spiro atoms. The first-order chi connectivity index (χ1) is 15.4. The molecule has 4 nitrogen and oxygen atoms in total. The summed E-state index contributed by atoms with van der Waals surface area (Å²) in [6.45, 7) is 0.296. The number of carbonyl (C=O) groups excluding carboxylic acids is 1. The Bertz CT molecular complexity index is 1180. The summed E-state index contributed by atoms with van der Waals surface area (Å²) >= 11 is 6.76. The molecule has 162 valence electrons. The molecule has 0 saturated carbocycles. The minimum atomic E-state index is -0.285. The number of carbonyl (C=O) groups is 1. The Morgan fingerprint density at radius 2 is 1.72 bits per heavy atom. The van der Waals surface area contributed by atoms with Crippen molar-refractivity contribution in [3.05, 3.63) is 94.6 Å². The molecule has 0 aromatic heterocycles. The van der Waals surface area contributed by atoms with Crippen LogP contribution in [0.2, 0.25) is 0 Å². The fourth-order valence-corrected chi connectivity index (χ4v) is 4.49. The zero-order valence-electron chi connectivity index (χ0n) is 17.6. The molecule has 1 aliphatic heterocycles. The molecular formula is C25H21FN2O2S2. The van der Waals surface area contributed by atoms with Gasteiger partial charge in [-0.25, -0.2) is 4.39 Å². The number of para-hydroxylation sites is 1. The molecule has 1 fully saturated rings. The van der Waals surface area contributed by atoms with Gasteiger partial charge in [0, 0.05) is 25.3 Å². The van der Waals surface area contributed by atoms with E-state index in [1.54, 1.807) is 23.1 Å². The molecule has 0 N–H and O–H groups in total. The predicted octanol–water partition coefficient (Wildman–Crippen LogP) is 5.88. The lowest BCUT2D eigenvalue weighted by Gasteiger charge is -2.17. The minimum absolute atomic E-state index is 0.161. The fraction of sp³-hybridized carbons (Fsp3) is 0.120. The van der Waals surface area contributed by atoms with Crippen LogP contribution < -0.4 is 14.5 Å². The van der Waals surface area contributed by atoms with Crippen molar-refractivity contribution in [1.29, 1.82) is 0 Å². The summed E-state index contributed by atoms with van der Waals surface area (Å²) in [7, 11) is 3.93. The summed E-state index contributed by atoms with van der Waals surface area (Å²) in [5, 5.41) is 0. The van der Waals surface area contributed by atoms with Gasteiger partial charge in [0.05, 0.1) is 10.6 Å². The van der Waals surface area contributed by atoms with Gasteiger partial charge in [0.2, 0.25) is 0 Å². The molecule has 0 unspecified atom stereocenters. The minimum Gasteiger partial charge on any atom is -0.488 e. The third kappa shape index (κ3) is 4.84. The van der Waals surface area contributed by atoms with Crippen molar-refractivity contribution >= 4 is 51.7 Å². The molecule has 1 amide bonds. The third-order valence-electron chi connectivity index (χ3n) is 4.93. The lowest BCUT2D eigenvalue weighted by Crippen LogP contribution is -2.27. The van der Waals surface area contributed by atoms with Gasteiger partial charge in [-0.1, -0.05) is 54.3 Å². The Morgan fingerprint density at radius 3 is 2.41 bits per heavy atom. The largest absolute Gasteiger partial charge is 0.488 e. The number of ether oxygens (including phenoxy) is 1. The molecule has 0 bridgehead atoms. The summed E-state index contributed by atoms with van der Waals surface area (Å²) in [6, 6.07) is 21.4. The molecular weight excluding hydrogens is 443 g/mol. The number of thioether (sulfide) groups is 1. The van der Waals surface area contributed by atoms with Crippen molar-refractivity contribution in [2.24, 2.45) is 0 Å². The molecule has 3 aromatic rings. The van der Waals surface area contributed by atoms with Crippen LogP contribution in [0.1, 0.15) is 11.1 Å². The lowest BCUT2D eigenvalue weighted by molar-refractivity contribution is -0.113. The summed E-state index contributed by atoms with van der Waals surface area (Å²) in [6.07, 6.45) is 1.80. The number of hydrogen-bond acceptors (Lipinski definition) is 5. The molecule has 4 rings (SSSR count). The second-order valence-electron chi connectivity index (χ2n) is 7.38. The number of amides is 1. The second-order valence-corrected chi connectivity index (χ2v) is 9.06. The molecule has 0 atom stereocenters. The fourth-order valence-electron chi connectivity index (χ4n) is 3.20. The van der Waals surface area contributed by atoms with Crippen LogP contribution in [0.15, 0.2) is 77.7 Å². The average Bonchev–Trinajstić information content (AvgIpc) is 3.07. The highest BCUT2D eigenvalue weighted by Crippen LogP contribution is 2.37. The maximum absolute atomic E-state index is 13.1. The van der Waals surface area contributed by atoms with E-state index in [0.29, 0.717) is 21.6 Å². The average molecular weight is 465 g/mol. The molecule has 1 heterocycles. The third-order valence-corrected chi connectivity index (χ3v) is 6.23. The lowest BCUT2D eigenvalue weighted by atomic mass is 10.1. The van der Waals surface area contributed by atoms with Crippen LogP contribution in [0.5, 0.6) is 5.75 Å². The standard InChI is InChI=1S/C25H21FN2O2S2/c1-27(2)20-11-13-21(14-12-20)28-24(29)23(32-25(28)31)15-18-5-3-4-6-22(18)30-16-17-7-9-19(26)10-8-17/h3-15H,16H2,1-2H3. The molecule has 32 heavy (non-hydrogen) atoms. The number of thiocarbonyl (C=S) groups is 1. The van der Waals surface area contributed by atoms with Crippen molar-refractivity contribution in [1.82, 2.24) is 0 Å². The van der Waals surface area contributed by atoms with Gasteiger partial charge in [-0.15, -0.1) is 0 Å². The second kappa shape index (κ2) is 9.54. The van der Waals surface area contributed by atoms with Crippen LogP contribution in [-0.2, 0) is 11.4 Å². The highest BCUT2D eigenvalue weighted by atomic mass is 32.2. The maximum Gasteiger partial charge on any atom is 0.270 e. The van der Waals surface area contributed by atoms with Gasteiger partial charge >= 0.3 is 0 Å². The Hall–Kier alpha value is -3.16. The summed E-state index contributed by atoms with van der Waals surface area (Å²) < 4.78 is 19.6. The molecule has 3 aromatic carbocycles. The van der Waals surface area contributed by atoms with Gasteiger partial charge in [-0.3, -0.25) is 9.69 Å². The highest BCUT2D eigenvalue weighted by Gasteiger charge is 2.33. The predicted molar refractivity (Wildman–Crippen MR) is 134 cm³/mol. The Balaban J connectivity index is 1.54. The van der Waals surface area contributed by atoms with E-state index in [2.05, 4.69) is 0 Å². The van der Waals surface area contributed by atoms with E-state index in [1.165, 1.54) is 23.9 Å². The van der Waals surface area contributed by atoms with E-state index in [1.807, 2.05) is 67.5 Å². The van der Waals surface area contributed by atoms with Crippen molar-refractivity contribution in [3.63, 3.8) is 0 Å². The zero-order valence-corrected chi connectivity index (χ0v) is 19.3. The van der Waals surface area contributed by atoms with E-state index in [0.717, 1.165) is 22.5 Å². The number of anilines is 2. The monoisotopic (exact) mass is 464 g/mol. The Kier molecular flexibility index (Phi) is 6.58. The van der Waals surface area contributed by atoms with Crippen molar-refractivity contribution in [2.75, 3.05) is 23.9 Å². The van der Waals surface area contributed by atoms with E-state index >= 15 is 0 Å². The van der Waals surface area contributed by atoms with Crippen molar-refractivity contribution in [2.45, 2.75) is 6.61 Å². The molecule has 1 saturated heterocycles. The van der Waals surface area contributed by atoms with E-state index in [-0.39, 0.29) is 11.7 Å².